The third kappa shape index (κ3) is 2.49. The van der Waals surface area contributed by atoms with Crippen molar-refractivity contribution in [2.45, 2.75) is 0 Å². The fraction of sp³-hybridized carbons (Fsp3) is 0.133. The number of rotatable bonds is 3. The molecule has 0 radical (unpaired) electrons. The molecule has 23 heavy (non-hydrogen) atoms. The van der Waals surface area contributed by atoms with Gasteiger partial charge in [-0.15, -0.1) is 0 Å². The van der Waals surface area contributed by atoms with Crippen LogP contribution in [-0.2, 0) is 7.05 Å². The second-order valence-electron chi connectivity index (χ2n) is 4.82. The highest BCUT2D eigenvalue weighted by Gasteiger charge is 2.15. The maximum absolute atomic E-state index is 12.3. The first-order valence-corrected chi connectivity index (χ1v) is 7.02. The minimum absolute atomic E-state index is 0.234. The lowest BCUT2D eigenvalue weighted by molar-refractivity contribution is 0.415. The van der Waals surface area contributed by atoms with Gasteiger partial charge in [0, 0.05) is 7.05 Å². The molecule has 3 aromatic rings. The molecule has 7 nitrogen and oxygen atoms in total. The third-order valence-corrected chi connectivity index (χ3v) is 3.58. The summed E-state index contributed by atoms with van der Waals surface area (Å²) in [5.41, 5.74) is 1.56. The number of pyridine rings is 1. The van der Waals surface area contributed by atoms with Crippen molar-refractivity contribution in [1.82, 2.24) is 14.8 Å². The highest BCUT2D eigenvalue weighted by molar-refractivity contribution is 6.30. The van der Waals surface area contributed by atoms with Gasteiger partial charge in [-0.1, -0.05) is 17.7 Å². The molecule has 116 valence electrons. The van der Waals surface area contributed by atoms with Crippen LogP contribution < -0.4 is 15.6 Å². The lowest BCUT2D eigenvalue weighted by atomic mass is 10.1. The minimum Gasteiger partial charge on any atom is -0.493 e. The van der Waals surface area contributed by atoms with Gasteiger partial charge in [-0.05, 0) is 18.2 Å². The monoisotopic (exact) mass is 329 g/mol. The van der Waals surface area contributed by atoms with Crippen LogP contribution in [0.3, 0.4) is 0 Å². The molecule has 0 bridgehead atoms. The van der Waals surface area contributed by atoms with Crippen LogP contribution in [0.25, 0.3) is 11.0 Å². The summed E-state index contributed by atoms with van der Waals surface area (Å²) in [7, 11) is 3.07. The summed E-state index contributed by atoms with van der Waals surface area (Å²) in [6.07, 6.45) is 0. The number of fused-ring (bicyclic) bond motifs is 1. The molecular formula is C15H12ClN5O2. The van der Waals surface area contributed by atoms with Gasteiger partial charge >= 0.3 is 0 Å². The Bertz CT molecular complexity index is 999. The molecule has 1 aromatic carbocycles. The fourth-order valence-corrected chi connectivity index (χ4v) is 2.57. The van der Waals surface area contributed by atoms with E-state index in [-0.39, 0.29) is 10.7 Å². The van der Waals surface area contributed by atoms with E-state index in [1.54, 1.807) is 31.3 Å². The maximum Gasteiger partial charge on any atom is 0.277 e. The van der Waals surface area contributed by atoms with E-state index in [2.05, 4.69) is 21.5 Å². The highest BCUT2D eigenvalue weighted by atomic mass is 35.5. The Kier molecular flexibility index (Phi) is 3.68. The molecule has 0 saturated heterocycles. The number of nitrogens with one attached hydrogen (secondary N) is 2. The Morgan fingerprint density at radius 1 is 1.43 bits per heavy atom. The highest BCUT2D eigenvalue weighted by Crippen LogP contribution is 2.33. The molecule has 0 atom stereocenters. The first-order chi connectivity index (χ1) is 11.0. The van der Waals surface area contributed by atoms with Crippen molar-refractivity contribution in [2.75, 3.05) is 12.4 Å². The molecule has 8 heteroatoms. The van der Waals surface area contributed by atoms with Crippen LogP contribution in [0.2, 0.25) is 5.15 Å². The zero-order valence-electron chi connectivity index (χ0n) is 12.3. The topological polar surface area (TPSA) is 95.7 Å². The van der Waals surface area contributed by atoms with Crippen LogP contribution >= 0.6 is 11.6 Å². The Balaban J connectivity index is 2.20. The number of aryl methyl sites for hydroxylation is 1. The standard InChI is InChI=1S/C15H12ClN5O2/c1-21-15(22)12-10(6-11(16)19-14(12)20-21)18-9-5-3-4-8(7-17)13(9)23-2/h3-6H,1-2H3,(H2,18,19,20). The zero-order valence-corrected chi connectivity index (χ0v) is 13.1. The van der Waals surface area contributed by atoms with Crippen LogP contribution in [0, 0.1) is 11.3 Å². The van der Waals surface area contributed by atoms with Gasteiger partial charge in [0.15, 0.2) is 11.4 Å². The van der Waals surface area contributed by atoms with E-state index in [4.69, 9.17) is 21.6 Å². The van der Waals surface area contributed by atoms with Crippen molar-refractivity contribution in [3.8, 4) is 11.8 Å². The number of methoxy groups -OCH3 is 1. The van der Waals surface area contributed by atoms with Gasteiger partial charge in [0.1, 0.15) is 16.6 Å². The summed E-state index contributed by atoms with van der Waals surface area (Å²) in [6, 6.07) is 8.73. The Labute approximate surface area is 136 Å². The molecule has 0 spiro atoms. The van der Waals surface area contributed by atoms with Crippen LogP contribution in [0.4, 0.5) is 11.4 Å². The maximum atomic E-state index is 12.3. The molecule has 0 unspecified atom stereocenters. The molecule has 0 aliphatic rings. The zero-order chi connectivity index (χ0) is 16.6. The predicted molar refractivity (Wildman–Crippen MR) is 87.3 cm³/mol. The van der Waals surface area contributed by atoms with Crippen LogP contribution in [0.5, 0.6) is 5.75 Å². The molecule has 2 N–H and O–H groups in total. The van der Waals surface area contributed by atoms with Gasteiger partial charge in [0.2, 0.25) is 0 Å². The summed E-state index contributed by atoms with van der Waals surface area (Å²) in [4.78, 5) is 16.4. The number of benzene rings is 1. The minimum atomic E-state index is -0.234. The number of nitrogens with zero attached hydrogens (tertiary/aromatic N) is 3. The Hall–Kier alpha value is -2.98. The Morgan fingerprint density at radius 2 is 2.22 bits per heavy atom. The molecule has 0 saturated carbocycles. The predicted octanol–water partition coefficient (Wildman–Crippen LogP) is 2.54. The molecule has 2 heterocycles. The van der Waals surface area contributed by atoms with E-state index >= 15 is 0 Å². The van der Waals surface area contributed by atoms with Gasteiger partial charge in [0.25, 0.3) is 5.56 Å². The van der Waals surface area contributed by atoms with Crippen molar-refractivity contribution in [3.63, 3.8) is 0 Å². The van der Waals surface area contributed by atoms with Gasteiger partial charge in [-0.2, -0.15) is 5.26 Å². The molecule has 0 amide bonds. The van der Waals surface area contributed by atoms with Crippen molar-refractivity contribution < 1.29 is 4.74 Å². The van der Waals surface area contributed by atoms with Crippen LogP contribution in [-0.4, -0.2) is 21.9 Å². The van der Waals surface area contributed by atoms with E-state index in [1.165, 1.54) is 11.8 Å². The summed E-state index contributed by atoms with van der Waals surface area (Å²) in [6.45, 7) is 0. The lowest BCUT2D eigenvalue weighted by Gasteiger charge is -2.12. The average molecular weight is 330 g/mol. The van der Waals surface area contributed by atoms with Crippen molar-refractivity contribution >= 4 is 34.0 Å². The second-order valence-corrected chi connectivity index (χ2v) is 5.20. The number of aromatic nitrogens is 3. The van der Waals surface area contributed by atoms with E-state index < -0.39 is 0 Å². The number of H-pyrrole nitrogens is 1. The van der Waals surface area contributed by atoms with Gasteiger partial charge < -0.3 is 10.1 Å². The molecule has 3 rings (SSSR count). The second kappa shape index (κ2) is 5.66. The number of nitriles is 1. The number of ether oxygens (including phenoxy) is 1. The largest absolute Gasteiger partial charge is 0.493 e. The van der Waals surface area contributed by atoms with Gasteiger partial charge in [0.05, 0.1) is 24.0 Å². The number of hydrogen-bond donors (Lipinski definition) is 2. The van der Waals surface area contributed by atoms with Crippen molar-refractivity contribution in [3.05, 3.63) is 45.3 Å². The van der Waals surface area contributed by atoms with Crippen LogP contribution in [0.15, 0.2) is 29.1 Å². The summed E-state index contributed by atoms with van der Waals surface area (Å²) < 4.78 is 6.61. The number of anilines is 2. The summed E-state index contributed by atoms with van der Waals surface area (Å²) in [5.74, 6) is 0.392. The summed E-state index contributed by atoms with van der Waals surface area (Å²) in [5, 5.41) is 15.7. The molecule has 0 fully saturated rings. The van der Waals surface area contributed by atoms with E-state index in [9.17, 15) is 4.79 Å². The van der Waals surface area contributed by atoms with Crippen molar-refractivity contribution in [2.24, 2.45) is 7.05 Å². The van der Waals surface area contributed by atoms with Crippen molar-refractivity contribution in [1.29, 1.82) is 5.26 Å². The number of aromatic amines is 1. The first-order valence-electron chi connectivity index (χ1n) is 6.64. The number of halogens is 1. The van der Waals surface area contributed by atoms with Crippen LogP contribution in [0.1, 0.15) is 5.56 Å². The van der Waals surface area contributed by atoms with E-state index in [0.717, 1.165) is 0 Å². The van der Waals surface area contributed by atoms with E-state index in [1.807, 2.05) is 0 Å². The smallest absolute Gasteiger partial charge is 0.277 e. The fourth-order valence-electron chi connectivity index (χ4n) is 2.38. The molecule has 0 aliphatic heterocycles. The SMILES string of the molecule is COc1c(C#N)cccc1Nc1cc(Cl)nc2[nH]n(C)c(=O)c12. The average Bonchev–Trinajstić information content (AvgIpc) is 2.81. The molecule has 2 aromatic heterocycles. The van der Waals surface area contributed by atoms with E-state index in [0.29, 0.717) is 33.7 Å². The number of para-hydroxylation sites is 1. The lowest BCUT2D eigenvalue weighted by Crippen LogP contribution is -2.12. The third-order valence-electron chi connectivity index (χ3n) is 3.39. The first kappa shape index (κ1) is 14.9. The quantitative estimate of drug-likeness (QED) is 0.720. The number of hydrogen-bond acceptors (Lipinski definition) is 5. The molecule has 0 aliphatic carbocycles. The van der Waals surface area contributed by atoms with Gasteiger partial charge in [-0.3, -0.25) is 14.6 Å². The Morgan fingerprint density at radius 3 is 2.91 bits per heavy atom. The summed E-state index contributed by atoms with van der Waals surface area (Å²) >= 11 is 6.02. The van der Waals surface area contributed by atoms with Gasteiger partial charge in [-0.25, -0.2) is 4.98 Å². The normalized spacial score (nSPS) is 10.5. The molecular weight excluding hydrogens is 318 g/mol.